The average Bonchev–Trinajstić information content (AvgIpc) is 3.31. The van der Waals surface area contributed by atoms with Crippen LogP contribution in [0, 0.1) is 0 Å². The van der Waals surface area contributed by atoms with Gasteiger partial charge < -0.3 is 10.2 Å². The van der Waals surface area contributed by atoms with E-state index < -0.39 is 0 Å². The van der Waals surface area contributed by atoms with Gasteiger partial charge in [-0.3, -0.25) is 4.79 Å². The molecule has 0 bridgehead atoms. The van der Waals surface area contributed by atoms with E-state index >= 15 is 0 Å². The standard InChI is InChI=1S/C21H23N3OS2/c25-20(18-5-4-10-26-18)22-15-6-7-17-19(13-15)27-21(23-17)14-11-16(12-14)24-8-2-1-3-9-24/h4-7,10,13-14,16H,1-3,8-9,11-12H2,(H,22,25). The van der Waals surface area contributed by atoms with E-state index in [0.717, 1.165) is 26.8 Å². The molecule has 5 rings (SSSR count). The number of carbonyl (C=O) groups is 1. The van der Waals surface area contributed by atoms with Gasteiger partial charge in [-0.15, -0.1) is 22.7 Å². The van der Waals surface area contributed by atoms with Crippen molar-refractivity contribution in [2.24, 2.45) is 0 Å². The maximum Gasteiger partial charge on any atom is 0.265 e. The molecule has 1 N–H and O–H groups in total. The number of thiophene rings is 1. The molecule has 1 aromatic carbocycles. The smallest absolute Gasteiger partial charge is 0.265 e. The van der Waals surface area contributed by atoms with Gasteiger partial charge in [0.15, 0.2) is 0 Å². The summed E-state index contributed by atoms with van der Waals surface area (Å²) < 4.78 is 1.16. The second kappa shape index (κ2) is 7.34. The molecule has 1 amide bonds. The summed E-state index contributed by atoms with van der Waals surface area (Å²) in [4.78, 5) is 20.5. The lowest BCUT2D eigenvalue weighted by Gasteiger charge is -2.43. The van der Waals surface area contributed by atoms with Gasteiger partial charge in [0.05, 0.1) is 20.1 Å². The molecule has 4 nitrogen and oxygen atoms in total. The van der Waals surface area contributed by atoms with Crippen molar-refractivity contribution in [3.63, 3.8) is 0 Å². The fraction of sp³-hybridized carbons (Fsp3) is 0.429. The van der Waals surface area contributed by atoms with Crippen LogP contribution in [0.4, 0.5) is 5.69 Å². The number of carbonyl (C=O) groups excluding carboxylic acids is 1. The van der Waals surface area contributed by atoms with E-state index in [0.29, 0.717) is 5.92 Å². The summed E-state index contributed by atoms with van der Waals surface area (Å²) in [7, 11) is 0. The lowest BCUT2D eigenvalue weighted by atomic mass is 9.79. The summed E-state index contributed by atoms with van der Waals surface area (Å²) >= 11 is 3.25. The summed E-state index contributed by atoms with van der Waals surface area (Å²) in [5.74, 6) is 0.566. The highest BCUT2D eigenvalue weighted by molar-refractivity contribution is 7.18. The number of hydrogen-bond donors (Lipinski definition) is 1. The molecule has 1 aliphatic heterocycles. The minimum Gasteiger partial charge on any atom is -0.321 e. The van der Waals surface area contributed by atoms with Crippen LogP contribution in [0.1, 0.15) is 52.7 Å². The summed E-state index contributed by atoms with van der Waals surface area (Å²) in [6.45, 7) is 2.56. The first-order valence-corrected chi connectivity index (χ1v) is 11.5. The maximum absolute atomic E-state index is 12.2. The average molecular weight is 398 g/mol. The highest BCUT2D eigenvalue weighted by Crippen LogP contribution is 2.43. The summed E-state index contributed by atoms with van der Waals surface area (Å²) in [5, 5.41) is 6.18. The Labute approximate surface area is 167 Å². The van der Waals surface area contributed by atoms with Crippen molar-refractivity contribution >= 4 is 44.5 Å². The molecule has 0 unspecified atom stereocenters. The number of aromatic nitrogens is 1. The molecule has 2 aliphatic rings. The van der Waals surface area contributed by atoms with Crippen LogP contribution in [0.5, 0.6) is 0 Å². The topological polar surface area (TPSA) is 45.2 Å². The number of fused-ring (bicyclic) bond motifs is 1. The van der Waals surface area contributed by atoms with Crippen molar-refractivity contribution < 1.29 is 4.79 Å². The quantitative estimate of drug-likeness (QED) is 0.646. The van der Waals surface area contributed by atoms with E-state index in [9.17, 15) is 4.79 Å². The fourth-order valence-electron chi connectivity index (χ4n) is 4.17. The van der Waals surface area contributed by atoms with Gasteiger partial charge in [-0.25, -0.2) is 4.98 Å². The van der Waals surface area contributed by atoms with E-state index in [4.69, 9.17) is 4.98 Å². The predicted molar refractivity (Wildman–Crippen MR) is 113 cm³/mol. The molecule has 1 saturated heterocycles. The van der Waals surface area contributed by atoms with Crippen LogP contribution >= 0.6 is 22.7 Å². The van der Waals surface area contributed by atoms with Crippen molar-refractivity contribution in [1.82, 2.24) is 9.88 Å². The number of hydrogen-bond acceptors (Lipinski definition) is 5. The van der Waals surface area contributed by atoms with E-state index in [2.05, 4.69) is 16.3 Å². The van der Waals surface area contributed by atoms with Gasteiger partial charge in [-0.05, 0) is 68.4 Å². The van der Waals surface area contributed by atoms with Gasteiger partial charge in [0.2, 0.25) is 0 Å². The lowest BCUT2D eigenvalue weighted by molar-refractivity contribution is 0.0888. The Bertz CT molecular complexity index is 938. The largest absolute Gasteiger partial charge is 0.321 e. The Kier molecular flexibility index (Phi) is 4.71. The van der Waals surface area contributed by atoms with Gasteiger partial charge in [-0.2, -0.15) is 0 Å². The highest BCUT2D eigenvalue weighted by Gasteiger charge is 2.36. The van der Waals surface area contributed by atoms with Crippen LogP contribution in [0.2, 0.25) is 0 Å². The Morgan fingerprint density at radius 1 is 1.15 bits per heavy atom. The van der Waals surface area contributed by atoms with E-state index in [1.165, 1.54) is 61.5 Å². The minimum atomic E-state index is -0.0440. The highest BCUT2D eigenvalue weighted by atomic mass is 32.1. The van der Waals surface area contributed by atoms with Crippen LogP contribution in [0.3, 0.4) is 0 Å². The second-order valence-corrected chi connectivity index (χ2v) is 9.59. The third kappa shape index (κ3) is 3.53. The zero-order valence-electron chi connectivity index (χ0n) is 15.2. The molecular weight excluding hydrogens is 374 g/mol. The Hall–Kier alpha value is -1.76. The molecule has 2 aromatic heterocycles. The van der Waals surface area contributed by atoms with Gasteiger partial charge in [-0.1, -0.05) is 12.5 Å². The number of thiazole rings is 1. The number of likely N-dealkylation sites (tertiary alicyclic amines) is 1. The number of nitrogens with one attached hydrogen (secondary N) is 1. The predicted octanol–water partition coefficient (Wildman–Crippen LogP) is 5.34. The van der Waals surface area contributed by atoms with E-state index in [1.807, 2.05) is 29.6 Å². The first-order chi connectivity index (χ1) is 13.3. The van der Waals surface area contributed by atoms with Crippen LogP contribution in [0.25, 0.3) is 10.2 Å². The fourth-order valence-corrected chi connectivity index (χ4v) is 5.92. The Balaban J connectivity index is 1.26. The van der Waals surface area contributed by atoms with Crippen LogP contribution in [0.15, 0.2) is 35.7 Å². The molecule has 0 atom stereocenters. The molecule has 0 spiro atoms. The zero-order valence-corrected chi connectivity index (χ0v) is 16.8. The summed E-state index contributed by atoms with van der Waals surface area (Å²) in [6, 6.07) is 10.5. The van der Waals surface area contributed by atoms with Gasteiger partial charge >= 0.3 is 0 Å². The van der Waals surface area contributed by atoms with Gasteiger partial charge in [0, 0.05) is 17.6 Å². The molecular formula is C21H23N3OS2. The molecule has 2 fully saturated rings. The van der Waals surface area contributed by atoms with Crippen molar-refractivity contribution in [3.8, 4) is 0 Å². The third-order valence-electron chi connectivity index (χ3n) is 5.78. The maximum atomic E-state index is 12.2. The Morgan fingerprint density at radius 3 is 2.78 bits per heavy atom. The number of amides is 1. The van der Waals surface area contributed by atoms with Crippen molar-refractivity contribution in [3.05, 3.63) is 45.6 Å². The summed E-state index contributed by atoms with van der Waals surface area (Å²) in [5.41, 5.74) is 1.89. The van der Waals surface area contributed by atoms with Crippen molar-refractivity contribution in [1.29, 1.82) is 0 Å². The normalized spacial score (nSPS) is 23.3. The number of rotatable bonds is 4. The second-order valence-electron chi connectivity index (χ2n) is 7.58. The lowest BCUT2D eigenvalue weighted by Crippen LogP contribution is -2.46. The molecule has 3 aromatic rings. The Morgan fingerprint density at radius 2 is 2.00 bits per heavy atom. The van der Waals surface area contributed by atoms with Crippen LogP contribution in [-0.4, -0.2) is 34.9 Å². The van der Waals surface area contributed by atoms with Crippen LogP contribution < -0.4 is 5.32 Å². The number of nitrogens with zero attached hydrogens (tertiary/aromatic N) is 2. The van der Waals surface area contributed by atoms with E-state index in [1.54, 1.807) is 11.3 Å². The molecule has 6 heteroatoms. The number of piperidine rings is 1. The molecule has 1 saturated carbocycles. The monoisotopic (exact) mass is 397 g/mol. The summed E-state index contributed by atoms with van der Waals surface area (Å²) in [6.07, 6.45) is 6.63. The third-order valence-corrected chi connectivity index (χ3v) is 7.83. The van der Waals surface area contributed by atoms with Crippen LogP contribution in [-0.2, 0) is 0 Å². The molecule has 27 heavy (non-hydrogen) atoms. The number of benzene rings is 1. The molecule has 0 radical (unpaired) electrons. The first-order valence-electron chi connectivity index (χ1n) is 9.76. The first kappa shape index (κ1) is 17.3. The minimum absolute atomic E-state index is 0.0440. The van der Waals surface area contributed by atoms with E-state index in [-0.39, 0.29) is 5.91 Å². The van der Waals surface area contributed by atoms with Gasteiger partial charge in [0.25, 0.3) is 5.91 Å². The van der Waals surface area contributed by atoms with Crippen molar-refractivity contribution in [2.75, 3.05) is 18.4 Å². The zero-order chi connectivity index (χ0) is 18.2. The molecule has 140 valence electrons. The SMILES string of the molecule is O=C(Nc1ccc2nc(C3CC(N4CCCCC4)C3)sc2c1)c1cccs1. The molecule has 1 aliphatic carbocycles. The van der Waals surface area contributed by atoms with Gasteiger partial charge in [0.1, 0.15) is 0 Å². The number of anilines is 1. The molecule has 3 heterocycles. The van der Waals surface area contributed by atoms with Crippen molar-refractivity contribution in [2.45, 2.75) is 44.1 Å².